The van der Waals surface area contributed by atoms with Crippen molar-refractivity contribution >= 4 is 12.2 Å². The maximum atomic E-state index is 13.1. The Morgan fingerprint density at radius 3 is 1.07 bits per heavy atom. The first-order chi connectivity index (χ1) is 27.0. The smallest absolute Gasteiger partial charge is 0.409 e. The standard InChI is InChI=1S/C38H78N6O12/c1-7-54-30-34(46)27-40-14-13-39(26-33(45)12-10-11-25-51-4)17-21-43(37(49)52-5)22-19-41(28-35(47)31-55-8-2)15-16-42(29-36(48)32-56-9-3)20-24-44(23-18-40)38(50)53-6/h33-36,45-48H,7-32H2,1-6H3. The molecule has 4 atom stereocenters. The third-order valence-corrected chi connectivity index (χ3v) is 9.63. The van der Waals surface area contributed by atoms with E-state index >= 15 is 0 Å². The average Bonchev–Trinajstić information content (AvgIpc) is 3.19. The summed E-state index contributed by atoms with van der Waals surface area (Å²) in [6, 6.07) is 0. The Morgan fingerprint density at radius 1 is 0.482 bits per heavy atom. The Hall–Kier alpha value is -1.94. The highest BCUT2D eigenvalue weighted by Crippen LogP contribution is 2.09. The number of aliphatic hydroxyl groups excluding tert-OH is 4. The number of β-amino-alcohol motifs (C(OH)–C–C–N with tert-alkyl or cyclic N) is 4. The molecule has 4 unspecified atom stereocenters. The lowest BCUT2D eigenvalue weighted by molar-refractivity contribution is 0.00648. The SMILES string of the molecule is CCOCC(O)CN1CCN(CC(O)COCC)CCN(C(=O)OC)CCN(CC(O)COCC)CCN(CC(O)CCCCOC)CCN(C(=O)OC)CC1. The molecule has 0 aromatic heterocycles. The predicted molar refractivity (Wildman–Crippen MR) is 213 cm³/mol. The third-order valence-electron chi connectivity index (χ3n) is 9.63. The van der Waals surface area contributed by atoms with Crippen LogP contribution in [0.3, 0.4) is 0 Å². The summed E-state index contributed by atoms with van der Waals surface area (Å²) in [5.41, 5.74) is 0. The number of aliphatic hydroxyl groups is 4. The molecule has 0 spiro atoms. The number of methoxy groups -OCH3 is 3. The Kier molecular flexibility index (Phi) is 30.6. The van der Waals surface area contributed by atoms with E-state index in [1.807, 2.05) is 20.8 Å². The topological polar surface area (TPSA) is 190 Å². The molecular formula is C38H78N6O12. The molecule has 0 aliphatic carbocycles. The van der Waals surface area contributed by atoms with E-state index in [2.05, 4.69) is 19.6 Å². The highest BCUT2D eigenvalue weighted by atomic mass is 16.5. The van der Waals surface area contributed by atoms with Gasteiger partial charge in [-0.05, 0) is 40.0 Å². The number of rotatable bonds is 22. The van der Waals surface area contributed by atoms with E-state index < -0.39 is 36.6 Å². The third kappa shape index (κ3) is 24.7. The van der Waals surface area contributed by atoms with E-state index in [9.17, 15) is 30.0 Å². The van der Waals surface area contributed by atoms with Gasteiger partial charge in [-0.25, -0.2) is 9.59 Å². The normalized spacial score (nSPS) is 19.5. The maximum absolute atomic E-state index is 13.1. The van der Waals surface area contributed by atoms with Crippen molar-refractivity contribution in [2.24, 2.45) is 0 Å². The highest BCUT2D eigenvalue weighted by molar-refractivity contribution is 5.67. The Morgan fingerprint density at radius 2 is 0.786 bits per heavy atom. The molecule has 332 valence electrons. The minimum absolute atomic E-state index is 0.166. The highest BCUT2D eigenvalue weighted by Gasteiger charge is 2.24. The lowest BCUT2D eigenvalue weighted by atomic mass is 10.1. The largest absolute Gasteiger partial charge is 0.453 e. The molecule has 1 fully saturated rings. The van der Waals surface area contributed by atoms with Crippen LogP contribution in [-0.2, 0) is 28.4 Å². The minimum Gasteiger partial charge on any atom is -0.453 e. The minimum atomic E-state index is -0.764. The van der Waals surface area contributed by atoms with Crippen LogP contribution in [0.5, 0.6) is 0 Å². The van der Waals surface area contributed by atoms with Gasteiger partial charge in [-0.3, -0.25) is 19.6 Å². The van der Waals surface area contributed by atoms with Crippen LogP contribution in [0.2, 0.25) is 0 Å². The van der Waals surface area contributed by atoms with Gasteiger partial charge >= 0.3 is 12.2 Å². The second kappa shape index (κ2) is 33.0. The number of unbranched alkanes of at least 4 members (excludes halogenated alkanes) is 1. The molecule has 1 rings (SSSR count). The molecule has 1 aliphatic rings. The molecule has 1 heterocycles. The summed E-state index contributed by atoms with van der Waals surface area (Å²) in [7, 11) is 4.36. The summed E-state index contributed by atoms with van der Waals surface area (Å²) in [5, 5.41) is 43.6. The molecule has 0 radical (unpaired) electrons. The van der Waals surface area contributed by atoms with E-state index in [4.69, 9.17) is 28.4 Å². The molecule has 56 heavy (non-hydrogen) atoms. The molecule has 0 aromatic rings. The zero-order chi connectivity index (χ0) is 41.6. The van der Waals surface area contributed by atoms with Gasteiger partial charge in [0.1, 0.15) is 0 Å². The van der Waals surface area contributed by atoms with Gasteiger partial charge in [0.2, 0.25) is 0 Å². The van der Waals surface area contributed by atoms with Crippen molar-refractivity contribution in [3.8, 4) is 0 Å². The molecular weight excluding hydrogens is 732 g/mol. The maximum Gasteiger partial charge on any atom is 0.409 e. The second-order valence-electron chi connectivity index (χ2n) is 14.2. The molecule has 0 saturated carbocycles. The summed E-state index contributed by atoms with van der Waals surface area (Å²) in [6.45, 7) is 14.4. The number of hydrogen-bond acceptors (Lipinski definition) is 16. The quantitative estimate of drug-likeness (QED) is 0.104. The van der Waals surface area contributed by atoms with Crippen molar-refractivity contribution in [1.29, 1.82) is 0 Å². The van der Waals surface area contributed by atoms with Crippen molar-refractivity contribution < 1.29 is 58.4 Å². The van der Waals surface area contributed by atoms with E-state index in [0.29, 0.717) is 138 Å². The van der Waals surface area contributed by atoms with Crippen molar-refractivity contribution in [2.45, 2.75) is 64.4 Å². The zero-order valence-corrected chi connectivity index (χ0v) is 35.4. The van der Waals surface area contributed by atoms with E-state index in [1.165, 1.54) is 14.2 Å². The van der Waals surface area contributed by atoms with Crippen LogP contribution in [0.4, 0.5) is 9.59 Å². The fourth-order valence-electron chi connectivity index (χ4n) is 6.47. The van der Waals surface area contributed by atoms with Crippen molar-refractivity contribution in [1.82, 2.24) is 29.4 Å². The summed E-state index contributed by atoms with van der Waals surface area (Å²) in [5.74, 6) is 0. The Bertz CT molecular complexity index is 978. The average molecular weight is 811 g/mol. The molecule has 1 saturated heterocycles. The van der Waals surface area contributed by atoms with Crippen LogP contribution in [0, 0.1) is 0 Å². The van der Waals surface area contributed by atoms with Crippen LogP contribution in [0.1, 0.15) is 40.0 Å². The number of carbonyl (C=O) groups is 2. The summed E-state index contributed by atoms with van der Waals surface area (Å²) < 4.78 is 32.0. The summed E-state index contributed by atoms with van der Waals surface area (Å²) in [4.78, 5) is 37.8. The molecule has 1 aliphatic heterocycles. The van der Waals surface area contributed by atoms with E-state index in [0.717, 1.165) is 12.8 Å². The molecule has 2 amide bonds. The van der Waals surface area contributed by atoms with Gasteiger partial charge in [-0.2, -0.15) is 0 Å². The van der Waals surface area contributed by atoms with Crippen LogP contribution in [-0.4, -0.2) is 259 Å². The second-order valence-corrected chi connectivity index (χ2v) is 14.2. The fraction of sp³-hybridized carbons (Fsp3) is 0.947. The zero-order valence-electron chi connectivity index (χ0n) is 35.4. The Balaban J connectivity index is 3.49. The van der Waals surface area contributed by atoms with Gasteiger partial charge < -0.3 is 58.6 Å². The first kappa shape index (κ1) is 52.1. The van der Waals surface area contributed by atoms with Crippen molar-refractivity contribution in [3.05, 3.63) is 0 Å². The van der Waals surface area contributed by atoms with Gasteiger partial charge in [0.25, 0.3) is 0 Å². The number of amides is 2. The van der Waals surface area contributed by atoms with Crippen LogP contribution in [0.25, 0.3) is 0 Å². The molecule has 4 N–H and O–H groups in total. The van der Waals surface area contributed by atoms with Gasteiger partial charge in [0, 0.05) is 138 Å². The van der Waals surface area contributed by atoms with Crippen LogP contribution >= 0.6 is 0 Å². The van der Waals surface area contributed by atoms with Gasteiger partial charge in [-0.15, -0.1) is 0 Å². The molecule has 0 aromatic carbocycles. The number of hydrogen-bond donors (Lipinski definition) is 4. The van der Waals surface area contributed by atoms with Crippen molar-refractivity contribution in [2.75, 3.05) is 172 Å². The van der Waals surface area contributed by atoms with Crippen molar-refractivity contribution in [3.63, 3.8) is 0 Å². The predicted octanol–water partition coefficient (Wildman–Crippen LogP) is -0.285. The van der Waals surface area contributed by atoms with E-state index in [1.54, 1.807) is 16.9 Å². The molecule has 0 bridgehead atoms. The first-order valence-corrected chi connectivity index (χ1v) is 20.5. The fourth-order valence-corrected chi connectivity index (χ4v) is 6.47. The number of ether oxygens (including phenoxy) is 6. The molecule has 18 nitrogen and oxygen atoms in total. The van der Waals surface area contributed by atoms with Gasteiger partial charge in [0.15, 0.2) is 0 Å². The van der Waals surface area contributed by atoms with E-state index in [-0.39, 0.29) is 19.8 Å². The van der Waals surface area contributed by atoms with Crippen LogP contribution < -0.4 is 0 Å². The van der Waals surface area contributed by atoms with Crippen LogP contribution in [0.15, 0.2) is 0 Å². The lowest BCUT2D eigenvalue weighted by Gasteiger charge is -2.35. The summed E-state index contributed by atoms with van der Waals surface area (Å²) in [6.07, 6.45) is -1.58. The lowest BCUT2D eigenvalue weighted by Crippen LogP contribution is -2.50. The number of nitrogens with zero attached hydrogens (tertiary/aromatic N) is 6. The van der Waals surface area contributed by atoms with Gasteiger partial charge in [0.05, 0.1) is 58.5 Å². The first-order valence-electron chi connectivity index (χ1n) is 20.5. The summed E-state index contributed by atoms with van der Waals surface area (Å²) >= 11 is 0. The molecule has 18 heteroatoms. The number of carbonyl (C=O) groups excluding carboxylic acids is 2. The van der Waals surface area contributed by atoms with Gasteiger partial charge in [-0.1, -0.05) is 0 Å². The Labute approximate surface area is 336 Å². The monoisotopic (exact) mass is 811 g/mol.